The number of benzene rings is 1. The van der Waals surface area contributed by atoms with Crippen molar-refractivity contribution in [1.29, 1.82) is 0 Å². The van der Waals surface area contributed by atoms with Crippen LogP contribution in [0.3, 0.4) is 0 Å². The van der Waals surface area contributed by atoms with Crippen LogP contribution in [0.15, 0.2) is 24.3 Å². The number of likely N-dealkylation sites (N-methyl/N-ethyl adjacent to an activating group) is 1. The summed E-state index contributed by atoms with van der Waals surface area (Å²) in [5, 5.41) is 4.04. The number of amides is 3. The van der Waals surface area contributed by atoms with Gasteiger partial charge in [-0.2, -0.15) is 0 Å². The number of carbonyl (C=O) groups is 3. The fraction of sp³-hybridized carbons (Fsp3) is 0.667. The van der Waals surface area contributed by atoms with E-state index in [1.807, 2.05) is 23.1 Å². The molecule has 3 saturated heterocycles. The highest BCUT2D eigenvalue weighted by Crippen LogP contribution is 2.46. The Labute approximate surface area is 218 Å². The molecule has 0 unspecified atom stereocenters. The van der Waals surface area contributed by atoms with E-state index in [0.717, 1.165) is 63.4 Å². The fourth-order valence-corrected chi connectivity index (χ4v) is 6.53. The second kappa shape index (κ2) is 9.86. The highest BCUT2D eigenvalue weighted by Gasteiger charge is 2.57. The third-order valence-electron chi connectivity index (χ3n) is 9.04. The average Bonchev–Trinajstić information content (AvgIpc) is 3.63. The van der Waals surface area contributed by atoms with Gasteiger partial charge in [0, 0.05) is 76.5 Å². The predicted molar refractivity (Wildman–Crippen MR) is 140 cm³/mol. The van der Waals surface area contributed by atoms with E-state index in [2.05, 4.69) is 21.2 Å². The molecule has 9 heteroatoms. The van der Waals surface area contributed by atoms with E-state index in [1.54, 1.807) is 11.9 Å². The van der Waals surface area contributed by atoms with Crippen LogP contribution in [0.5, 0.6) is 0 Å². The first kappa shape index (κ1) is 25.3. The molecule has 1 aromatic rings. The summed E-state index contributed by atoms with van der Waals surface area (Å²) in [5.74, 6) is 0.146. The van der Waals surface area contributed by atoms with Gasteiger partial charge >= 0.3 is 0 Å². The normalized spacial score (nSPS) is 25.1. The molecule has 8 nitrogen and oxygen atoms in total. The molecule has 3 aliphatic heterocycles. The van der Waals surface area contributed by atoms with Crippen LogP contribution in [-0.4, -0.2) is 96.9 Å². The van der Waals surface area contributed by atoms with E-state index in [4.69, 9.17) is 11.6 Å². The third-order valence-corrected chi connectivity index (χ3v) is 9.27. The van der Waals surface area contributed by atoms with Crippen molar-refractivity contribution in [2.45, 2.75) is 57.0 Å². The monoisotopic (exact) mass is 515 g/mol. The van der Waals surface area contributed by atoms with Crippen LogP contribution >= 0.6 is 11.6 Å². The summed E-state index contributed by atoms with van der Waals surface area (Å²) in [5.41, 5.74) is 0.182. The van der Waals surface area contributed by atoms with Gasteiger partial charge in [-0.05, 0) is 56.7 Å². The second-order valence-electron chi connectivity index (χ2n) is 11.2. The van der Waals surface area contributed by atoms with Crippen LogP contribution in [-0.2, 0) is 14.4 Å². The van der Waals surface area contributed by atoms with E-state index in [-0.39, 0.29) is 29.2 Å². The van der Waals surface area contributed by atoms with Gasteiger partial charge in [-0.25, -0.2) is 0 Å². The topological polar surface area (TPSA) is 76.2 Å². The third kappa shape index (κ3) is 4.82. The molecule has 5 rings (SSSR count). The molecule has 1 N–H and O–H groups in total. The van der Waals surface area contributed by atoms with Gasteiger partial charge in [-0.1, -0.05) is 17.7 Å². The number of carbonyl (C=O) groups excluding carboxylic acids is 3. The molecule has 196 valence electrons. The summed E-state index contributed by atoms with van der Waals surface area (Å²) in [7, 11) is 1.73. The molecule has 36 heavy (non-hydrogen) atoms. The van der Waals surface area contributed by atoms with Crippen molar-refractivity contribution in [3.05, 3.63) is 29.3 Å². The minimum absolute atomic E-state index is 0.0573. The number of rotatable bonds is 6. The van der Waals surface area contributed by atoms with E-state index in [0.29, 0.717) is 25.9 Å². The zero-order valence-electron chi connectivity index (χ0n) is 21.5. The van der Waals surface area contributed by atoms with E-state index < -0.39 is 5.54 Å². The zero-order valence-corrected chi connectivity index (χ0v) is 22.2. The van der Waals surface area contributed by atoms with Crippen molar-refractivity contribution >= 4 is 35.0 Å². The summed E-state index contributed by atoms with van der Waals surface area (Å²) >= 11 is 6.15. The Morgan fingerprint density at radius 2 is 1.78 bits per heavy atom. The molecule has 3 heterocycles. The standard InChI is InChI=1S/C27H38ClN5O3/c1-20(34)30(2)27(7-8-27)25(36)33-12-9-26(10-13-33)19-22(29-24(26)35)6-11-31-14-16-32(17-15-31)23-5-3-4-21(28)18-23/h3-5,18,22H,6-17,19H2,1-2H3,(H,29,35)/t22-/m0/s1. The van der Waals surface area contributed by atoms with E-state index in [9.17, 15) is 14.4 Å². The van der Waals surface area contributed by atoms with Gasteiger partial charge in [-0.3, -0.25) is 19.3 Å². The molecule has 0 radical (unpaired) electrons. The van der Waals surface area contributed by atoms with Crippen LogP contribution in [0, 0.1) is 5.41 Å². The SMILES string of the molecule is CC(=O)N(C)C1(C(=O)N2CCC3(CC2)C[C@H](CCN2CCN(c4cccc(Cl)c4)CC2)NC3=O)CC1. The van der Waals surface area contributed by atoms with Crippen molar-refractivity contribution in [2.24, 2.45) is 5.41 Å². The maximum absolute atomic E-state index is 13.2. The number of halogens is 1. The summed E-state index contributed by atoms with van der Waals surface area (Å²) in [4.78, 5) is 46.4. The lowest BCUT2D eigenvalue weighted by atomic mass is 9.75. The minimum Gasteiger partial charge on any atom is -0.369 e. The molecule has 4 fully saturated rings. The number of hydrogen-bond donors (Lipinski definition) is 1. The van der Waals surface area contributed by atoms with Gasteiger partial charge in [0.1, 0.15) is 5.54 Å². The summed E-state index contributed by atoms with van der Waals surface area (Å²) in [6.07, 6.45) is 4.70. The predicted octanol–water partition coefficient (Wildman–Crippen LogP) is 2.36. The maximum atomic E-state index is 13.2. The number of piperazine rings is 1. The highest BCUT2D eigenvalue weighted by atomic mass is 35.5. The highest BCUT2D eigenvalue weighted by molar-refractivity contribution is 6.30. The summed E-state index contributed by atoms with van der Waals surface area (Å²) < 4.78 is 0. The fourth-order valence-electron chi connectivity index (χ4n) is 6.34. The molecule has 3 amide bonds. The van der Waals surface area contributed by atoms with E-state index in [1.165, 1.54) is 12.6 Å². The smallest absolute Gasteiger partial charge is 0.248 e. The Morgan fingerprint density at radius 1 is 1.08 bits per heavy atom. The van der Waals surface area contributed by atoms with Crippen molar-refractivity contribution in [1.82, 2.24) is 20.0 Å². The van der Waals surface area contributed by atoms with Gasteiger partial charge in [0.15, 0.2) is 0 Å². The van der Waals surface area contributed by atoms with Gasteiger partial charge in [0.05, 0.1) is 5.41 Å². The Balaban J connectivity index is 1.08. The second-order valence-corrected chi connectivity index (χ2v) is 11.6. The number of anilines is 1. The Morgan fingerprint density at radius 3 is 2.39 bits per heavy atom. The van der Waals surface area contributed by atoms with Crippen molar-refractivity contribution in [3.8, 4) is 0 Å². The number of piperidine rings is 1. The molecule has 0 bridgehead atoms. The molecule has 1 spiro atoms. The summed E-state index contributed by atoms with van der Waals surface area (Å²) in [6.45, 7) is 7.65. The van der Waals surface area contributed by atoms with Crippen LogP contribution < -0.4 is 10.2 Å². The van der Waals surface area contributed by atoms with Crippen LogP contribution in [0.2, 0.25) is 5.02 Å². The quantitative estimate of drug-likeness (QED) is 0.629. The van der Waals surface area contributed by atoms with E-state index >= 15 is 0 Å². The molecular formula is C27H38ClN5O3. The molecule has 4 aliphatic rings. The van der Waals surface area contributed by atoms with Crippen molar-refractivity contribution < 1.29 is 14.4 Å². The molecular weight excluding hydrogens is 478 g/mol. The number of nitrogens with zero attached hydrogens (tertiary/aromatic N) is 4. The Hall–Kier alpha value is -2.32. The summed E-state index contributed by atoms with van der Waals surface area (Å²) in [6, 6.07) is 8.24. The van der Waals surface area contributed by atoms with Crippen LogP contribution in [0.4, 0.5) is 5.69 Å². The van der Waals surface area contributed by atoms with Gasteiger partial charge in [0.25, 0.3) is 0 Å². The largest absolute Gasteiger partial charge is 0.369 e. The van der Waals surface area contributed by atoms with Crippen LogP contribution in [0.25, 0.3) is 0 Å². The minimum atomic E-state index is -0.645. The first-order valence-electron chi connectivity index (χ1n) is 13.3. The van der Waals surface area contributed by atoms with Crippen LogP contribution in [0.1, 0.15) is 45.4 Å². The first-order chi connectivity index (χ1) is 17.2. The first-order valence-corrected chi connectivity index (χ1v) is 13.7. The average molecular weight is 516 g/mol. The van der Waals surface area contributed by atoms with Crippen molar-refractivity contribution in [3.63, 3.8) is 0 Å². The van der Waals surface area contributed by atoms with Gasteiger partial charge in [-0.15, -0.1) is 0 Å². The Kier molecular flexibility index (Phi) is 6.94. The number of hydrogen-bond acceptors (Lipinski definition) is 5. The lowest BCUT2D eigenvalue weighted by molar-refractivity contribution is -0.148. The molecule has 1 atom stereocenters. The molecule has 1 aromatic carbocycles. The van der Waals surface area contributed by atoms with Gasteiger partial charge < -0.3 is 20.0 Å². The number of nitrogens with one attached hydrogen (secondary N) is 1. The zero-order chi connectivity index (χ0) is 25.5. The number of likely N-dealkylation sites (tertiary alicyclic amines) is 1. The molecule has 1 saturated carbocycles. The van der Waals surface area contributed by atoms with Gasteiger partial charge in [0.2, 0.25) is 17.7 Å². The molecule has 0 aromatic heterocycles. The lowest BCUT2D eigenvalue weighted by Gasteiger charge is -2.40. The lowest BCUT2D eigenvalue weighted by Crippen LogP contribution is -2.54. The maximum Gasteiger partial charge on any atom is 0.248 e. The Bertz CT molecular complexity index is 1010. The molecule has 1 aliphatic carbocycles. The van der Waals surface area contributed by atoms with Crippen molar-refractivity contribution in [2.75, 3.05) is 57.8 Å².